The number of amides is 1. The van der Waals surface area contributed by atoms with Crippen LogP contribution in [0.2, 0.25) is 0 Å². The summed E-state index contributed by atoms with van der Waals surface area (Å²) in [5.74, 6) is 1.03. The van der Waals surface area contributed by atoms with Crippen LogP contribution >= 0.6 is 0 Å². The lowest BCUT2D eigenvalue weighted by Crippen LogP contribution is -2.48. The number of benzene rings is 1. The van der Waals surface area contributed by atoms with Gasteiger partial charge in [0, 0.05) is 31.9 Å². The van der Waals surface area contributed by atoms with Crippen molar-refractivity contribution in [3.63, 3.8) is 0 Å². The van der Waals surface area contributed by atoms with Crippen LogP contribution in [-0.2, 0) is 19.6 Å². The van der Waals surface area contributed by atoms with Gasteiger partial charge in [-0.2, -0.15) is 4.31 Å². The second-order valence-corrected chi connectivity index (χ2v) is 10.5. The Kier molecular flexibility index (Phi) is 6.98. The Hall–Kier alpha value is -1.48. The maximum atomic E-state index is 13.0. The fourth-order valence-corrected chi connectivity index (χ4v) is 5.98. The highest BCUT2D eigenvalue weighted by atomic mass is 32.2. The third-order valence-corrected chi connectivity index (χ3v) is 7.91. The van der Waals surface area contributed by atoms with Crippen molar-refractivity contribution >= 4 is 21.6 Å². The van der Waals surface area contributed by atoms with Crippen molar-refractivity contribution in [3.8, 4) is 0 Å². The first-order valence-electron chi connectivity index (χ1n) is 10.4. The van der Waals surface area contributed by atoms with Crippen LogP contribution in [0.15, 0.2) is 23.1 Å². The lowest BCUT2D eigenvalue weighted by atomic mass is 9.91. The molecular formula is C21H33N3O4S. The second-order valence-electron chi connectivity index (χ2n) is 8.56. The number of hydrogen-bond acceptors (Lipinski definition) is 5. The van der Waals surface area contributed by atoms with Crippen molar-refractivity contribution in [2.45, 2.75) is 45.1 Å². The van der Waals surface area contributed by atoms with Crippen molar-refractivity contribution in [2.75, 3.05) is 44.7 Å². The monoisotopic (exact) mass is 423 g/mol. The van der Waals surface area contributed by atoms with E-state index < -0.39 is 10.0 Å². The maximum absolute atomic E-state index is 13.0. The average molecular weight is 424 g/mol. The molecule has 1 N–H and O–H groups in total. The number of sulfonamides is 1. The quantitative estimate of drug-likeness (QED) is 0.786. The molecule has 29 heavy (non-hydrogen) atoms. The molecule has 8 heteroatoms. The second kappa shape index (κ2) is 9.12. The van der Waals surface area contributed by atoms with Crippen LogP contribution in [0.3, 0.4) is 0 Å². The van der Waals surface area contributed by atoms with Crippen LogP contribution < -0.4 is 5.32 Å². The van der Waals surface area contributed by atoms with Crippen LogP contribution in [0.4, 0.5) is 5.69 Å². The minimum absolute atomic E-state index is 0.107. The summed E-state index contributed by atoms with van der Waals surface area (Å²) in [6, 6.07) is 4.82. The Morgan fingerprint density at radius 1 is 1.17 bits per heavy atom. The fraction of sp³-hybridized carbons (Fsp3) is 0.667. The molecule has 2 aliphatic rings. The van der Waals surface area contributed by atoms with Gasteiger partial charge in [-0.1, -0.05) is 19.9 Å². The maximum Gasteiger partial charge on any atom is 0.243 e. The summed E-state index contributed by atoms with van der Waals surface area (Å²) in [6.07, 6.45) is 1.19. The van der Waals surface area contributed by atoms with Gasteiger partial charge in [-0.15, -0.1) is 0 Å². The molecule has 2 saturated heterocycles. The zero-order chi connectivity index (χ0) is 21.2. The highest BCUT2D eigenvalue weighted by molar-refractivity contribution is 7.89. The first kappa shape index (κ1) is 22.2. The van der Waals surface area contributed by atoms with Gasteiger partial charge in [0.2, 0.25) is 15.9 Å². The lowest BCUT2D eigenvalue weighted by Gasteiger charge is -2.38. The molecule has 0 spiro atoms. The van der Waals surface area contributed by atoms with Gasteiger partial charge >= 0.3 is 0 Å². The number of hydrogen-bond donors (Lipinski definition) is 1. The molecule has 3 rings (SSSR count). The van der Waals surface area contributed by atoms with Gasteiger partial charge in [0.25, 0.3) is 0 Å². The molecule has 2 fully saturated rings. The molecule has 0 radical (unpaired) electrons. The number of ether oxygens (including phenoxy) is 1. The van der Waals surface area contributed by atoms with E-state index in [0.29, 0.717) is 49.4 Å². The summed E-state index contributed by atoms with van der Waals surface area (Å²) in [7, 11) is -3.61. The molecule has 3 atom stereocenters. The topological polar surface area (TPSA) is 79.0 Å². The van der Waals surface area contributed by atoms with Crippen molar-refractivity contribution in [1.82, 2.24) is 9.21 Å². The van der Waals surface area contributed by atoms with Gasteiger partial charge in [0.15, 0.2) is 0 Å². The number of rotatable bonds is 5. The number of nitrogens with zero attached hydrogens (tertiary/aromatic N) is 2. The minimum atomic E-state index is -3.61. The number of piperidine rings is 1. The van der Waals surface area contributed by atoms with E-state index in [4.69, 9.17) is 4.74 Å². The number of likely N-dealkylation sites (tertiary alicyclic amines) is 1. The number of nitrogens with one attached hydrogen (secondary N) is 1. The van der Waals surface area contributed by atoms with Crippen molar-refractivity contribution in [2.24, 2.45) is 11.8 Å². The average Bonchev–Trinajstić information content (AvgIpc) is 2.68. The largest absolute Gasteiger partial charge is 0.379 e. The molecule has 1 amide bonds. The Labute approximate surface area is 174 Å². The van der Waals surface area contributed by atoms with E-state index in [1.165, 1.54) is 10.7 Å². The molecule has 1 aromatic rings. The van der Waals surface area contributed by atoms with Crippen molar-refractivity contribution < 1.29 is 17.9 Å². The van der Waals surface area contributed by atoms with Gasteiger partial charge in [-0.25, -0.2) is 8.42 Å². The molecule has 2 aliphatic heterocycles. The fourth-order valence-electron chi connectivity index (χ4n) is 4.32. The zero-order valence-electron chi connectivity index (χ0n) is 17.8. The van der Waals surface area contributed by atoms with E-state index in [-0.39, 0.29) is 16.8 Å². The van der Waals surface area contributed by atoms with Crippen molar-refractivity contribution in [1.29, 1.82) is 0 Å². The number of morpholine rings is 1. The Morgan fingerprint density at radius 3 is 2.41 bits per heavy atom. The van der Waals surface area contributed by atoms with E-state index in [1.54, 1.807) is 25.1 Å². The van der Waals surface area contributed by atoms with Gasteiger partial charge < -0.3 is 10.1 Å². The van der Waals surface area contributed by atoms with Gasteiger partial charge in [-0.05, 0) is 49.8 Å². The van der Waals surface area contributed by atoms with Gasteiger partial charge in [0.05, 0.1) is 24.2 Å². The highest BCUT2D eigenvalue weighted by Gasteiger charge is 2.30. The Balaban J connectivity index is 1.74. The Morgan fingerprint density at radius 2 is 1.79 bits per heavy atom. The normalized spacial score (nSPS) is 25.5. The van der Waals surface area contributed by atoms with E-state index in [9.17, 15) is 13.2 Å². The smallest absolute Gasteiger partial charge is 0.243 e. The molecule has 7 nitrogen and oxygen atoms in total. The molecule has 162 valence electrons. The SMILES string of the molecule is Cc1ccc(NC(=O)[C@H](C)N2C[C@@H](C)C[C@H](C)C2)cc1S(=O)(=O)N1CCOCC1. The highest BCUT2D eigenvalue weighted by Crippen LogP contribution is 2.26. The minimum Gasteiger partial charge on any atom is -0.379 e. The summed E-state index contributed by atoms with van der Waals surface area (Å²) in [4.78, 5) is 15.3. The summed E-state index contributed by atoms with van der Waals surface area (Å²) >= 11 is 0. The number of carbonyl (C=O) groups is 1. The summed E-state index contributed by atoms with van der Waals surface area (Å²) in [5.41, 5.74) is 1.18. The molecule has 0 bridgehead atoms. The van der Waals surface area contributed by atoms with Gasteiger partial charge in [-0.3, -0.25) is 9.69 Å². The predicted octanol–water partition coefficient (Wildman–Crippen LogP) is 2.32. The standard InChI is InChI=1S/C21H33N3O4S/c1-15-11-16(2)14-23(13-15)18(4)21(25)22-19-6-5-17(3)20(12-19)29(26,27)24-7-9-28-10-8-24/h5-6,12,15-16,18H,7-11,13-14H2,1-4H3,(H,22,25)/t15-,16-,18-/m0/s1. The molecule has 0 aliphatic carbocycles. The van der Waals surface area contributed by atoms with Gasteiger partial charge in [0.1, 0.15) is 0 Å². The van der Waals surface area contributed by atoms with Crippen molar-refractivity contribution in [3.05, 3.63) is 23.8 Å². The molecular weight excluding hydrogens is 390 g/mol. The van der Waals surface area contributed by atoms with Crippen LogP contribution in [0, 0.1) is 18.8 Å². The van der Waals surface area contributed by atoms with E-state index in [1.807, 2.05) is 6.92 Å². The molecule has 2 heterocycles. The molecule has 0 saturated carbocycles. The van der Waals surface area contributed by atoms with E-state index in [2.05, 4.69) is 24.1 Å². The predicted molar refractivity (Wildman–Crippen MR) is 113 cm³/mol. The van der Waals surface area contributed by atoms with Crippen LogP contribution in [0.25, 0.3) is 0 Å². The number of aryl methyl sites for hydroxylation is 1. The lowest BCUT2D eigenvalue weighted by molar-refractivity contribution is -0.121. The number of anilines is 1. The third-order valence-electron chi connectivity index (χ3n) is 5.87. The Bertz CT molecular complexity index is 826. The van der Waals surface area contributed by atoms with E-state index >= 15 is 0 Å². The first-order valence-corrected chi connectivity index (χ1v) is 11.9. The first-order chi connectivity index (χ1) is 13.7. The van der Waals surface area contributed by atoms with Crippen LogP contribution in [0.1, 0.15) is 32.8 Å². The zero-order valence-corrected chi connectivity index (χ0v) is 18.7. The van der Waals surface area contributed by atoms with Crippen LogP contribution in [-0.4, -0.2) is 69.0 Å². The van der Waals surface area contributed by atoms with E-state index in [0.717, 1.165) is 13.1 Å². The number of carbonyl (C=O) groups excluding carboxylic acids is 1. The van der Waals surface area contributed by atoms with Crippen LogP contribution in [0.5, 0.6) is 0 Å². The summed E-state index contributed by atoms with van der Waals surface area (Å²) in [6.45, 7) is 11.4. The molecule has 1 aromatic carbocycles. The molecule has 0 unspecified atom stereocenters. The summed E-state index contributed by atoms with van der Waals surface area (Å²) < 4.78 is 32.8. The molecule has 0 aromatic heterocycles. The third kappa shape index (κ3) is 5.17. The summed E-state index contributed by atoms with van der Waals surface area (Å²) in [5, 5.41) is 2.92.